The summed E-state index contributed by atoms with van der Waals surface area (Å²) < 4.78 is 42.5. The van der Waals surface area contributed by atoms with Crippen LogP contribution in [0.1, 0.15) is 12.8 Å². The van der Waals surface area contributed by atoms with Crippen LogP contribution in [0, 0.1) is 5.92 Å². The van der Waals surface area contributed by atoms with Crippen molar-refractivity contribution in [1.29, 1.82) is 0 Å². The first-order valence-electron chi connectivity index (χ1n) is 4.87. The Hall–Kier alpha value is -1.47. The van der Waals surface area contributed by atoms with E-state index in [1.165, 1.54) is 4.90 Å². The Bertz CT molecular complexity index is 364. The van der Waals surface area contributed by atoms with Gasteiger partial charge in [-0.05, 0) is 12.8 Å². The van der Waals surface area contributed by atoms with Gasteiger partial charge in [0.2, 0.25) is 0 Å². The number of nitrogens with two attached hydrogens (primary N) is 1. The van der Waals surface area contributed by atoms with Crippen LogP contribution in [0.15, 0.2) is 4.42 Å². The molecule has 5 nitrogen and oxygen atoms in total. The fourth-order valence-electron chi connectivity index (χ4n) is 1.77. The van der Waals surface area contributed by atoms with Gasteiger partial charge in [-0.25, -0.2) is 0 Å². The lowest BCUT2D eigenvalue weighted by Crippen LogP contribution is -2.41. The smallest absolute Gasteiger partial charge is 0.390 e. The summed E-state index contributed by atoms with van der Waals surface area (Å²) in [6.45, 7) is 0.333. The molecule has 90 valence electrons. The van der Waals surface area contributed by atoms with Crippen LogP contribution in [-0.4, -0.2) is 29.5 Å². The molecule has 1 fully saturated rings. The third kappa shape index (κ3) is 2.20. The van der Waals surface area contributed by atoms with Crippen molar-refractivity contribution < 1.29 is 17.6 Å². The van der Waals surface area contributed by atoms with E-state index in [2.05, 4.69) is 10.2 Å². The van der Waals surface area contributed by atoms with Gasteiger partial charge in [0, 0.05) is 13.1 Å². The van der Waals surface area contributed by atoms with E-state index >= 15 is 0 Å². The van der Waals surface area contributed by atoms with E-state index in [4.69, 9.17) is 10.2 Å². The van der Waals surface area contributed by atoms with Gasteiger partial charge in [-0.3, -0.25) is 0 Å². The Morgan fingerprint density at radius 2 is 2.12 bits per heavy atom. The van der Waals surface area contributed by atoms with Crippen molar-refractivity contribution in [2.75, 3.05) is 23.7 Å². The Morgan fingerprint density at radius 3 is 2.69 bits per heavy atom. The second-order valence-electron chi connectivity index (χ2n) is 3.75. The van der Waals surface area contributed by atoms with Crippen LogP contribution in [0.25, 0.3) is 0 Å². The van der Waals surface area contributed by atoms with Crippen molar-refractivity contribution in [1.82, 2.24) is 10.2 Å². The first-order valence-corrected chi connectivity index (χ1v) is 4.87. The van der Waals surface area contributed by atoms with Crippen molar-refractivity contribution in [3.05, 3.63) is 0 Å². The van der Waals surface area contributed by atoms with E-state index in [1.807, 2.05) is 0 Å². The second-order valence-corrected chi connectivity index (χ2v) is 3.75. The van der Waals surface area contributed by atoms with Gasteiger partial charge in [-0.2, -0.15) is 13.2 Å². The average molecular weight is 236 g/mol. The normalized spacial score (nSPS) is 22.4. The van der Waals surface area contributed by atoms with E-state index < -0.39 is 12.1 Å². The number of hydrogen-bond donors (Lipinski definition) is 1. The number of nitrogen functional groups attached to an aromatic ring is 1. The number of nitrogens with zero attached hydrogens (tertiary/aromatic N) is 3. The molecule has 0 aromatic carbocycles. The van der Waals surface area contributed by atoms with Crippen LogP contribution < -0.4 is 10.6 Å². The number of anilines is 2. The summed E-state index contributed by atoms with van der Waals surface area (Å²) in [6, 6.07) is -0.0735. The quantitative estimate of drug-likeness (QED) is 0.798. The van der Waals surface area contributed by atoms with E-state index in [0.29, 0.717) is 13.0 Å². The zero-order valence-corrected chi connectivity index (χ0v) is 8.37. The monoisotopic (exact) mass is 236 g/mol. The highest BCUT2D eigenvalue weighted by Gasteiger charge is 2.42. The summed E-state index contributed by atoms with van der Waals surface area (Å²) in [5.41, 5.74) is 5.22. The summed E-state index contributed by atoms with van der Waals surface area (Å²) in [4.78, 5) is 1.42. The Morgan fingerprint density at radius 1 is 1.38 bits per heavy atom. The van der Waals surface area contributed by atoms with Gasteiger partial charge in [-0.1, -0.05) is 10.2 Å². The summed E-state index contributed by atoms with van der Waals surface area (Å²) >= 11 is 0. The molecule has 2 heterocycles. The highest BCUT2D eigenvalue weighted by molar-refractivity contribution is 5.28. The molecule has 1 aromatic heterocycles. The first-order chi connectivity index (χ1) is 7.47. The van der Waals surface area contributed by atoms with E-state index in [9.17, 15) is 13.2 Å². The number of rotatable bonds is 1. The minimum atomic E-state index is -4.18. The third-order valence-corrected chi connectivity index (χ3v) is 2.58. The Labute approximate surface area is 89.4 Å². The van der Waals surface area contributed by atoms with E-state index in [0.717, 1.165) is 0 Å². The minimum Gasteiger partial charge on any atom is -0.390 e. The van der Waals surface area contributed by atoms with Crippen LogP contribution in [0.4, 0.5) is 25.2 Å². The van der Waals surface area contributed by atoms with Crippen LogP contribution in [0.5, 0.6) is 0 Å². The van der Waals surface area contributed by atoms with Crippen molar-refractivity contribution in [3.8, 4) is 0 Å². The lowest BCUT2D eigenvalue weighted by atomic mass is 9.98. The number of hydrogen-bond acceptors (Lipinski definition) is 5. The molecule has 1 unspecified atom stereocenters. The van der Waals surface area contributed by atoms with Gasteiger partial charge < -0.3 is 15.1 Å². The zero-order valence-electron chi connectivity index (χ0n) is 8.37. The van der Waals surface area contributed by atoms with Gasteiger partial charge in [-0.15, -0.1) is 0 Å². The minimum absolute atomic E-state index is 0.0615. The highest BCUT2D eigenvalue weighted by Crippen LogP contribution is 2.34. The van der Waals surface area contributed by atoms with Crippen molar-refractivity contribution in [2.24, 2.45) is 5.92 Å². The summed E-state index contributed by atoms with van der Waals surface area (Å²) in [7, 11) is 0. The molecule has 0 spiro atoms. The predicted molar refractivity (Wildman–Crippen MR) is 49.7 cm³/mol. The van der Waals surface area contributed by atoms with E-state index in [1.54, 1.807) is 0 Å². The number of piperidine rings is 1. The van der Waals surface area contributed by atoms with Crippen LogP contribution in [-0.2, 0) is 0 Å². The Balaban J connectivity index is 2.07. The molecule has 0 amide bonds. The molecule has 1 aromatic rings. The second kappa shape index (κ2) is 3.84. The van der Waals surface area contributed by atoms with E-state index in [-0.39, 0.29) is 25.0 Å². The molecule has 0 aliphatic carbocycles. The van der Waals surface area contributed by atoms with Gasteiger partial charge in [0.15, 0.2) is 0 Å². The summed E-state index contributed by atoms with van der Waals surface area (Å²) in [5, 5.41) is 6.99. The Kier molecular flexibility index (Phi) is 2.64. The molecule has 1 aliphatic rings. The molecule has 1 aliphatic heterocycles. The molecule has 0 radical (unpaired) electrons. The van der Waals surface area contributed by atoms with Gasteiger partial charge in [0.05, 0.1) is 5.92 Å². The molecular formula is C8H11F3N4O. The standard InChI is InChI=1S/C8H11F3N4O/c9-8(10,11)5-2-1-3-15(4-5)7-14-13-6(12)16-7/h5H,1-4H2,(H2,12,13). The predicted octanol–water partition coefficient (Wildman–Crippen LogP) is 1.43. The van der Waals surface area contributed by atoms with Crippen molar-refractivity contribution >= 4 is 12.0 Å². The lowest BCUT2D eigenvalue weighted by Gasteiger charge is -2.32. The number of alkyl halides is 3. The van der Waals surface area contributed by atoms with Crippen molar-refractivity contribution in [2.45, 2.75) is 19.0 Å². The molecule has 16 heavy (non-hydrogen) atoms. The molecule has 2 N–H and O–H groups in total. The molecule has 8 heteroatoms. The lowest BCUT2D eigenvalue weighted by molar-refractivity contribution is -0.176. The van der Waals surface area contributed by atoms with Gasteiger partial charge in [0.1, 0.15) is 0 Å². The number of halogens is 3. The maximum absolute atomic E-state index is 12.5. The van der Waals surface area contributed by atoms with Crippen LogP contribution in [0.2, 0.25) is 0 Å². The molecular weight excluding hydrogens is 225 g/mol. The zero-order chi connectivity index (χ0) is 11.8. The molecule has 2 rings (SSSR count). The topological polar surface area (TPSA) is 68.2 Å². The fraction of sp³-hybridized carbons (Fsp3) is 0.750. The fourth-order valence-corrected chi connectivity index (χ4v) is 1.77. The third-order valence-electron chi connectivity index (χ3n) is 2.58. The number of aromatic nitrogens is 2. The molecule has 0 saturated carbocycles. The SMILES string of the molecule is Nc1nnc(N2CCCC(C(F)(F)F)C2)o1. The van der Waals surface area contributed by atoms with Crippen molar-refractivity contribution in [3.63, 3.8) is 0 Å². The van der Waals surface area contributed by atoms with Gasteiger partial charge >= 0.3 is 18.2 Å². The maximum Gasteiger partial charge on any atom is 0.393 e. The molecule has 1 saturated heterocycles. The van der Waals surface area contributed by atoms with Crippen LogP contribution >= 0.6 is 0 Å². The average Bonchev–Trinajstić information content (AvgIpc) is 2.64. The highest BCUT2D eigenvalue weighted by atomic mass is 19.4. The first kappa shape index (κ1) is 11.0. The molecule has 1 atom stereocenters. The summed E-state index contributed by atoms with van der Waals surface area (Å²) in [6.07, 6.45) is -3.58. The van der Waals surface area contributed by atoms with Gasteiger partial charge in [0.25, 0.3) is 0 Å². The summed E-state index contributed by atoms with van der Waals surface area (Å²) in [5.74, 6) is -1.34. The van der Waals surface area contributed by atoms with Crippen LogP contribution in [0.3, 0.4) is 0 Å². The molecule has 0 bridgehead atoms. The largest absolute Gasteiger partial charge is 0.393 e. The maximum atomic E-state index is 12.5.